The van der Waals surface area contributed by atoms with Gasteiger partial charge in [-0.1, -0.05) is 0 Å². The molecule has 1 saturated carbocycles. The number of nitrogens with one attached hydrogen (secondary N) is 2. The third-order valence-electron chi connectivity index (χ3n) is 2.35. The maximum absolute atomic E-state index is 11.3. The Bertz CT molecular complexity index is 217. The normalized spacial score (nSPS) is 19.7. The van der Waals surface area contributed by atoms with Crippen molar-refractivity contribution in [2.75, 3.05) is 6.54 Å². The summed E-state index contributed by atoms with van der Waals surface area (Å²) in [5, 5.41) is 15.2. The average molecular weight is 200 g/mol. The monoisotopic (exact) mass is 200 g/mol. The molecule has 0 aromatic heterocycles. The molecule has 4 heteroatoms. The number of hydrogen-bond donors (Lipinski definition) is 3. The molecular formula is C10H20N2O2. The Balaban J connectivity index is 2.21. The summed E-state index contributed by atoms with van der Waals surface area (Å²) in [6.45, 7) is 6.12. The van der Waals surface area contributed by atoms with E-state index in [1.54, 1.807) is 0 Å². The molecule has 4 nitrogen and oxygen atoms in total. The fourth-order valence-electron chi connectivity index (χ4n) is 1.39. The highest BCUT2D eigenvalue weighted by molar-refractivity contribution is 5.74. The van der Waals surface area contributed by atoms with E-state index >= 15 is 0 Å². The van der Waals surface area contributed by atoms with Crippen LogP contribution in [0.15, 0.2) is 0 Å². The van der Waals surface area contributed by atoms with E-state index in [0.29, 0.717) is 6.54 Å². The molecule has 0 spiro atoms. The van der Waals surface area contributed by atoms with Crippen molar-refractivity contribution in [2.24, 2.45) is 0 Å². The number of amides is 2. The van der Waals surface area contributed by atoms with Crippen molar-refractivity contribution in [1.82, 2.24) is 10.6 Å². The van der Waals surface area contributed by atoms with E-state index in [1.165, 1.54) is 0 Å². The number of aliphatic hydroxyl groups is 1. The van der Waals surface area contributed by atoms with Gasteiger partial charge in [-0.05, 0) is 40.0 Å². The zero-order valence-electron chi connectivity index (χ0n) is 9.18. The molecule has 2 amide bonds. The van der Waals surface area contributed by atoms with E-state index in [2.05, 4.69) is 10.6 Å². The summed E-state index contributed by atoms with van der Waals surface area (Å²) in [6, 6.07) is -0.210. The maximum Gasteiger partial charge on any atom is 0.315 e. The smallest absolute Gasteiger partial charge is 0.315 e. The molecule has 1 rings (SSSR count). The Morgan fingerprint density at radius 2 is 2.00 bits per heavy atom. The lowest BCUT2D eigenvalue weighted by Crippen LogP contribution is -2.53. The molecule has 1 fully saturated rings. The van der Waals surface area contributed by atoms with Crippen molar-refractivity contribution >= 4 is 6.03 Å². The van der Waals surface area contributed by atoms with E-state index < -0.39 is 5.60 Å². The number of hydrogen-bond acceptors (Lipinski definition) is 2. The van der Waals surface area contributed by atoms with Gasteiger partial charge in [0.1, 0.15) is 0 Å². The van der Waals surface area contributed by atoms with Crippen molar-refractivity contribution in [3.05, 3.63) is 0 Å². The van der Waals surface area contributed by atoms with Gasteiger partial charge < -0.3 is 15.7 Å². The maximum atomic E-state index is 11.3. The fraction of sp³-hybridized carbons (Fsp3) is 0.900. The van der Waals surface area contributed by atoms with Crippen molar-refractivity contribution in [2.45, 2.75) is 51.2 Å². The minimum Gasteiger partial charge on any atom is -0.388 e. The first kappa shape index (κ1) is 11.3. The average Bonchev–Trinajstić information content (AvgIpc) is 1.94. The van der Waals surface area contributed by atoms with Crippen LogP contribution in [-0.2, 0) is 0 Å². The van der Waals surface area contributed by atoms with E-state index in [0.717, 1.165) is 19.3 Å². The SMILES string of the molecule is CC(C)(C)NC(=O)NCC1(O)CCC1. The fourth-order valence-corrected chi connectivity index (χ4v) is 1.39. The van der Waals surface area contributed by atoms with E-state index in [1.807, 2.05) is 20.8 Å². The zero-order chi connectivity index (χ0) is 10.8. The van der Waals surface area contributed by atoms with Gasteiger partial charge in [0.15, 0.2) is 0 Å². The second-order valence-electron chi connectivity index (χ2n) is 5.14. The highest BCUT2D eigenvalue weighted by atomic mass is 16.3. The molecule has 0 saturated heterocycles. The van der Waals surface area contributed by atoms with Crippen LogP contribution < -0.4 is 10.6 Å². The Labute approximate surface area is 85.1 Å². The summed E-state index contributed by atoms with van der Waals surface area (Å²) >= 11 is 0. The van der Waals surface area contributed by atoms with Gasteiger partial charge in [-0.15, -0.1) is 0 Å². The van der Waals surface area contributed by atoms with Gasteiger partial charge in [0.25, 0.3) is 0 Å². The summed E-state index contributed by atoms with van der Waals surface area (Å²) in [4.78, 5) is 11.3. The lowest BCUT2D eigenvalue weighted by atomic mass is 9.80. The topological polar surface area (TPSA) is 61.4 Å². The summed E-state index contributed by atoms with van der Waals surface area (Å²) in [5.74, 6) is 0. The van der Waals surface area contributed by atoms with Gasteiger partial charge in [0, 0.05) is 12.1 Å². The molecule has 0 radical (unpaired) electrons. The molecule has 0 aliphatic heterocycles. The zero-order valence-corrected chi connectivity index (χ0v) is 9.18. The molecule has 0 unspecified atom stereocenters. The Morgan fingerprint density at radius 1 is 1.43 bits per heavy atom. The van der Waals surface area contributed by atoms with Crippen LogP contribution >= 0.6 is 0 Å². The Kier molecular flexibility index (Phi) is 3.04. The largest absolute Gasteiger partial charge is 0.388 e. The number of urea groups is 1. The number of carbonyl (C=O) groups excluding carboxylic acids is 1. The van der Waals surface area contributed by atoms with Crippen molar-refractivity contribution < 1.29 is 9.90 Å². The van der Waals surface area contributed by atoms with E-state index in [-0.39, 0.29) is 11.6 Å². The summed E-state index contributed by atoms with van der Waals surface area (Å²) in [7, 11) is 0. The van der Waals surface area contributed by atoms with Gasteiger partial charge >= 0.3 is 6.03 Å². The molecule has 1 aliphatic carbocycles. The van der Waals surface area contributed by atoms with Crippen molar-refractivity contribution in [3.63, 3.8) is 0 Å². The van der Waals surface area contributed by atoms with Gasteiger partial charge in [-0.2, -0.15) is 0 Å². The standard InChI is InChI=1S/C10H20N2O2/c1-9(2,3)12-8(13)11-7-10(14)5-4-6-10/h14H,4-7H2,1-3H3,(H2,11,12,13). The second kappa shape index (κ2) is 3.77. The van der Waals surface area contributed by atoms with Crippen molar-refractivity contribution in [3.8, 4) is 0 Å². The quantitative estimate of drug-likeness (QED) is 0.622. The predicted molar refractivity (Wildman–Crippen MR) is 55.1 cm³/mol. The van der Waals surface area contributed by atoms with Crippen LogP contribution in [0.5, 0.6) is 0 Å². The molecule has 0 bridgehead atoms. The third-order valence-corrected chi connectivity index (χ3v) is 2.35. The van der Waals surface area contributed by atoms with Crippen LogP contribution in [0.3, 0.4) is 0 Å². The van der Waals surface area contributed by atoms with E-state index in [9.17, 15) is 9.90 Å². The Hall–Kier alpha value is -0.770. The molecule has 0 aromatic rings. The molecule has 14 heavy (non-hydrogen) atoms. The lowest BCUT2D eigenvalue weighted by Gasteiger charge is -2.36. The molecule has 0 aromatic carbocycles. The van der Waals surface area contributed by atoms with E-state index in [4.69, 9.17) is 0 Å². The van der Waals surface area contributed by atoms with Crippen molar-refractivity contribution in [1.29, 1.82) is 0 Å². The van der Waals surface area contributed by atoms with Crippen LogP contribution in [-0.4, -0.2) is 28.8 Å². The van der Waals surface area contributed by atoms with Crippen LogP contribution in [0.2, 0.25) is 0 Å². The minimum absolute atomic E-state index is 0.210. The first-order chi connectivity index (χ1) is 6.31. The molecule has 82 valence electrons. The van der Waals surface area contributed by atoms with Gasteiger partial charge in [-0.3, -0.25) is 0 Å². The lowest BCUT2D eigenvalue weighted by molar-refractivity contribution is -0.0291. The second-order valence-corrected chi connectivity index (χ2v) is 5.14. The molecule has 0 heterocycles. The highest BCUT2D eigenvalue weighted by Gasteiger charge is 2.34. The Morgan fingerprint density at radius 3 is 2.36 bits per heavy atom. The van der Waals surface area contributed by atoms with Crippen LogP contribution in [0.4, 0.5) is 4.79 Å². The number of carbonyl (C=O) groups is 1. The first-order valence-electron chi connectivity index (χ1n) is 5.09. The minimum atomic E-state index is -0.644. The summed E-state index contributed by atoms with van der Waals surface area (Å²) < 4.78 is 0. The van der Waals surface area contributed by atoms with Crippen LogP contribution in [0.1, 0.15) is 40.0 Å². The highest BCUT2D eigenvalue weighted by Crippen LogP contribution is 2.30. The summed E-state index contributed by atoms with van der Waals surface area (Å²) in [5.41, 5.74) is -0.873. The van der Waals surface area contributed by atoms with Crippen LogP contribution in [0.25, 0.3) is 0 Å². The molecular weight excluding hydrogens is 180 g/mol. The summed E-state index contributed by atoms with van der Waals surface area (Å²) in [6.07, 6.45) is 2.64. The molecule has 3 N–H and O–H groups in total. The number of rotatable bonds is 2. The first-order valence-corrected chi connectivity index (χ1v) is 5.09. The van der Waals surface area contributed by atoms with Gasteiger partial charge in [-0.25, -0.2) is 4.79 Å². The van der Waals surface area contributed by atoms with Gasteiger partial charge in [0.2, 0.25) is 0 Å². The third kappa shape index (κ3) is 3.54. The predicted octanol–water partition coefficient (Wildman–Crippen LogP) is 0.999. The molecule has 0 atom stereocenters. The van der Waals surface area contributed by atoms with Crippen LogP contribution in [0, 0.1) is 0 Å². The van der Waals surface area contributed by atoms with Gasteiger partial charge in [0.05, 0.1) is 5.60 Å². The molecule has 1 aliphatic rings.